The maximum absolute atomic E-state index is 12.9. The lowest BCUT2D eigenvalue weighted by molar-refractivity contribution is -0.142. The van der Waals surface area contributed by atoms with Gasteiger partial charge < -0.3 is 25.0 Å². The van der Waals surface area contributed by atoms with Crippen LogP contribution >= 0.6 is 0 Å². The fourth-order valence-electron chi connectivity index (χ4n) is 3.80. The Labute approximate surface area is 206 Å². The monoisotopic (exact) mass is 480 g/mol. The van der Waals surface area contributed by atoms with Crippen LogP contribution in [0.4, 0.5) is 0 Å². The first-order valence-electron chi connectivity index (χ1n) is 11.7. The van der Waals surface area contributed by atoms with Gasteiger partial charge in [0.1, 0.15) is 12.1 Å². The van der Waals surface area contributed by atoms with Crippen molar-refractivity contribution in [2.75, 3.05) is 0 Å². The van der Waals surface area contributed by atoms with Crippen LogP contribution in [0.25, 0.3) is 0 Å². The fourth-order valence-corrected chi connectivity index (χ4v) is 3.80. The van der Waals surface area contributed by atoms with Crippen LogP contribution in [-0.2, 0) is 36.5 Å². The molecule has 1 saturated heterocycles. The Morgan fingerprint density at radius 2 is 1.34 bits per heavy atom. The minimum atomic E-state index is -1.16. The second-order valence-corrected chi connectivity index (χ2v) is 9.88. The fraction of sp³-hybridized carbons (Fsp3) is 0.423. The van der Waals surface area contributed by atoms with Gasteiger partial charge in [0.05, 0.1) is 11.2 Å². The van der Waals surface area contributed by atoms with Crippen LogP contribution in [0.2, 0.25) is 0 Å². The summed E-state index contributed by atoms with van der Waals surface area (Å²) >= 11 is 0. The Hall–Kier alpha value is -3.17. The molecule has 0 bridgehead atoms. The molecule has 8 nitrogen and oxygen atoms in total. The van der Waals surface area contributed by atoms with Crippen molar-refractivity contribution in [3.05, 3.63) is 65.7 Å². The van der Waals surface area contributed by atoms with Crippen molar-refractivity contribution in [3.8, 4) is 0 Å². The van der Waals surface area contributed by atoms with E-state index in [0.29, 0.717) is 0 Å². The SMILES string of the molecule is CC(=O)N[C@H](Cc1ccccc1)C(=O)N[C@@H](Cc1ccc(B2OC(C)(C)C(C)(C)O2)cc1)C(=O)O. The van der Waals surface area contributed by atoms with Crippen LogP contribution in [-0.4, -0.2) is 53.3 Å². The van der Waals surface area contributed by atoms with Gasteiger partial charge in [0.15, 0.2) is 0 Å². The highest BCUT2D eigenvalue weighted by Crippen LogP contribution is 2.36. The molecule has 1 heterocycles. The second kappa shape index (κ2) is 10.6. The smallest absolute Gasteiger partial charge is 0.480 e. The van der Waals surface area contributed by atoms with E-state index in [1.807, 2.05) is 70.2 Å². The summed E-state index contributed by atoms with van der Waals surface area (Å²) in [6.45, 7) is 9.24. The Kier molecular flexibility index (Phi) is 8.02. The van der Waals surface area contributed by atoms with Gasteiger partial charge in [-0.15, -0.1) is 0 Å². The molecule has 186 valence electrons. The van der Waals surface area contributed by atoms with Gasteiger partial charge in [-0.25, -0.2) is 4.79 Å². The lowest BCUT2D eigenvalue weighted by Gasteiger charge is -2.32. The van der Waals surface area contributed by atoms with E-state index in [4.69, 9.17) is 9.31 Å². The predicted octanol–water partition coefficient (Wildman–Crippen LogP) is 1.85. The second-order valence-electron chi connectivity index (χ2n) is 9.88. The summed E-state index contributed by atoms with van der Waals surface area (Å²) < 4.78 is 12.1. The Bertz CT molecular complexity index is 1040. The average Bonchev–Trinajstić information content (AvgIpc) is 3.00. The molecule has 0 spiro atoms. The highest BCUT2D eigenvalue weighted by Gasteiger charge is 2.51. The van der Waals surface area contributed by atoms with Gasteiger partial charge in [-0.1, -0.05) is 54.6 Å². The summed E-state index contributed by atoms with van der Waals surface area (Å²) in [5.74, 6) is -2.08. The van der Waals surface area contributed by atoms with E-state index in [1.165, 1.54) is 6.92 Å². The number of benzene rings is 2. The first kappa shape index (κ1) is 26.4. The topological polar surface area (TPSA) is 114 Å². The van der Waals surface area contributed by atoms with Crippen LogP contribution < -0.4 is 16.1 Å². The summed E-state index contributed by atoms with van der Waals surface area (Å²) in [6, 6.07) is 14.5. The van der Waals surface area contributed by atoms with Gasteiger partial charge in [0, 0.05) is 19.8 Å². The molecule has 0 unspecified atom stereocenters. The number of rotatable bonds is 9. The number of aliphatic carboxylic acids is 1. The molecule has 3 N–H and O–H groups in total. The molecular formula is C26H33BN2O6. The molecule has 1 aliphatic rings. The van der Waals surface area contributed by atoms with Crippen molar-refractivity contribution in [2.45, 2.75) is 70.7 Å². The lowest BCUT2D eigenvalue weighted by atomic mass is 9.78. The van der Waals surface area contributed by atoms with E-state index < -0.39 is 42.3 Å². The zero-order valence-electron chi connectivity index (χ0n) is 20.8. The van der Waals surface area contributed by atoms with Gasteiger partial charge in [-0.05, 0) is 44.3 Å². The predicted molar refractivity (Wildman–Crippen MR) is 133 cm³/mol. The third kappa shape index (κ3) is 6.71. The third-order valence-corrected chi connectivity index (χ3v) is 6.54. The van der Waals surface area contributed by atoms with Crippen molar-refractivity contribution in [1.29, 1.82) is 0 Å². The Balaban J connectivity index is 1.67. The van der Waals surface area contributed by atoms with E-state index in [-0.39, 0.29) is 18.7 Å². The van der Waals surface area contributed by atoms with Crippen molar-refractivity contribution in [1.82, 2.24) is 10.6 Å². The van der Waals surface area contributed by atoms with Crippen molar-refractivity contribution >= 4 is 30.4 Å². The van der Waals surface area contributed by atoms with E-state index in [0.717, 1.165) is 16.6 Å². The number of carboxylic acid groups (broad SMARTS) is 1. The summed E-state index contributed by atoms with van der Waals surface area (Å²) in [5, 5.41) is 14.9. The van der Waals surface area contributed by atoms with E-state index in [1.54, 1.807) is 12.1 Å². The van der Waals surface area contributed by atoms with E-state index in [2.05, 4.69) is 10.6 Å². The van der Waals surface area contributed by atoms with Gasteiger partial charge in [-0.3, -0.25) is 9.59 Å². The summed E-state index contributed by atoms with van der Waals surface area (Å²) in [6.07, 6.45) is 0.338. The molecule has 2 aromatic carbocycles. The molecule has 1 fully saturated rings. The maximum Gasteiger partial charge on any atom is 0.494 e. The normalized spacial score (nSPS) is 17.9. The number of carboxylic acids is 1. The summed E-state index contributed by atoms with van der Waals surface area (Å²) in [4.78, 5) is 36.5. The highest BCUT2D eigenvalue weighted by atomic mass is 16.7. The third-order valence-electron chi connectivity index (χ3n) is 6.54. The van der Waals surface area contributed by atoms with Crippen LogP contribution in [0.3, 0.4) is 0 Å². The van der Waals surface area contributed by atoms with E-state index in [9.17, 15) is 19.5 Å². The first-order chi connectivity index (χ1) is 16.4. The lowest BCUT2D eigenvalue weighted by Crippen LogP contribution is -2.52. The maximum atomic E-state index is 12.9. The highest BCUT2D eigenvalue weighted by molar-refractivity contribution is 6.62. The van der Waals surface area contributed by atoms with Crippen LogP contribution in [0, 0.1) is 0 Å². The minimum Gasteiger partial charge on any atom is -0.480 e. The van der Waals surface area contributed by atoms with Gasteiger partial charge in [-0.2, -0.15) is 0 Å². The number of carbonyl (C=O) groups is 3. The number of hydrogen-bond acceptors (Lipinski definition) is 5. The zero-order valence-corrected chi connectivity index (χ0v) is 20.8. The molecule has 0 radical (unpaired) electrons. The largest absolute Gasteiger partial charge is 0.494 e. The van der Waals surface area contributed by atoms with Gasteiger partial charge >= 0.3 is 13.1 Å². The number of amides is 2. The summed E-state index contributed by atoms with van der Waals surface area (Å²) in [7, 11) is -0.513. The van der Waals surface area contributed by atoms with Gasteiger partial charge in [0.2, 0.25) is 11.8 Å². The van der Waals surface area contributed by atoms with Crippen molar-refractivity contribution in [2.24, 2.45) is 0 Å². The van der Waals surface area contributed by atoms with Crippen molar-refractivity contribution in [3.63, 3.8) is 0 Å². The molecule has 2 atom stereocenters. The van der Waals surface area contributed by atoms with Gasteiger partial charge in [0.25, 0.3) is 0 Å². The summed E-state index contributed by atoms with van der Waals surface area (Å²) in [5.41, 5.74) is 1.50. The van der Waals surface area contributed by atoms with Crippen LogP contribution in [0.15, 0.2) is 54.6 Å². The van der Waals surface area contributed by atoms with Crippen LogP contribution in [0.5, 0.6) is 0 Å². The molecule has 0 aliphatic carbocycles. The molecule has 2 aromatic rings. The van der Waals surface area contributed by atoms with Crippen molar-refractivity contribution < 1.29 is 28.8 Å². The molecule has 0 aromatic heterocycles. The molecular weight excluding hydrogens is 447 g/mol. The number of nitrogens with one attached hydrogen (secondary N) is 2. The molecule has 9 heteroatoms. The zero-order chi connectivity index (χ0) is 25.8. The Morgan fingerprint density at radius 3 is 1.86 bits per heavy atom. The molecule has 0 saturated carbocycles. The van der Waals surface area contributed by atoms with E-state index >= 15 is 0 Å². The molecule has 2 amide bonds. The standard InChI is InChI=1S/C26H33BN2O6/c1-17(30)28-21(15-18-9-7-6-8-10-18)23(31)29-22(24(32)33)16-19-11-13-20(14-12-19)27-34-25(2,3)26(4,5)35-27/h6-14,21-22H,15-16H2,1-5H3,(H,28,30)(H,29,31)(H,32,33)/t21-,22+/m1/s1. The quantitative estimate of drug-likeness (QED) is 0.472. The molecule has 3 rings (SSSR count). The number of hydrogen-bond donors (Lipinski definition) is 3. The van der Waals surface area contributed by atoms with Crippen LogP contribution in [0.1, 0.15) is 45.7 Å². The minimum absolute atomic E-state index is 0.0862. The first-order valence-corrected chi connectivity index (χ1v) is 11.7. The average molecular weight is 480 g/mol. The number of carbonyl (C=O) groups excluding carboxylic acids is 2. The molecule has 1 aliphatic heterocycles. The Morgan fingerprint density at radius 1 is 0.829 bits per heavy atom. The molecule has 35 heavy (non-hydrogen) atoms.